The van der Waals surface area contributed by atoms with Gasteiger partial charge in [0.1, 0.15) is 6.04 Å². The molecule has 7 nitrogen and oxygen atoms in total. The molecule has 0 aliphatic carbocycles. The van der Waals surface area contributed by atoms with Crippen LogP contribution in [-0.2, 0) is 27.8 Å². The van der Waals surface area contributed by atoms with E-state index in [1.54, 1.807) is 22.0 Å². The van der Waals surface area contributed by atoms with E-state index >= 15 is 0 Å². The molecule has 1 aromatic heterocycles. The van der Waals surface area contributed by atoms with Crippen molar-refractivity contribution in [2.24, 2.45) is 5.84 Å². The molecule has 2 aromatic rings. The zero-order valence-corrected chi connectivity index (χ0v) is 18.6. The van der Waals surface area contributed by atoms with Crippen molar-refractivity contribution in [1.82, 2.24) is 9.73 Å². The summed E-state index contributed by atoms with van der Waals surface area (Å²) in [7, 11) is -3.75. The molecule has 160 valence electrons. The summed E-state index contributed by atoms with van der Waals surface area (Å²) in [6.45, 7) is 1.99. The molecule has 1 saturated heterocycles. The van der Waals surface area contributed by atoms with Gasteiger partial charge in [-0.05, 0) is 60.7 Å². The molecular weight excluding hydrogens is 444 g/mol. The van der Waals surface area contributed by atoms with Gasteiger partial charge in [-0.2, -0.15) is 4.72 Å². The SMILES string of the molecule is NN1CCCc2cc(N3CC[C@H](NS(=O)(=O)/C=C/c4ccc(Cl)s4)C3=O)ccc2C1. The van der Waals surface area contributed by atoms with E-state index in [1.807, 2.05) is 18.2 Å². The van der Waals surface area contributed by atoms with Gasteiger partial charge in [0, 0.05) is 35.6 Å². The second kappa shape index (κ2) is 8.78. The van der Waals surface area contributed by atoms with Crippen molar-refractivity contribution >= 4 is 50.6 Å². The second-order valence-corrected chi connectivity index (χ2v) is 10.8. The Morgan fingerprint density at radius 3 is 2.80 bits per heavy atom. The van der Waals surface area contributed by atoms with E-state index in [4.69, 9.17) is 17.4 Å². The first-order valence-corrected chi connectivity index (χ1v) is 12.4. The number of carbonyl (C=O) groups is 1. The Morgan fingerprint density at radius 2 is 2.03 bits per heavy atom. The normalized spacial score (nSPS) is 20.7. The summed E-state index contributed by atoms with van der Waals surface area (Å²) in [5.41, 5.74) is 3.16. The molecular formula is C20H23ClN4O3S2. The fourth-order valence-electron chi connectivity index (χ4n) is 3.80. The van der Waals surface area contributed by atoms with Gasteiger partial charge in [-0.3, -0.25) is 10.6 Å². The first-order valence-electron chi connectivity index (χ1n) is 9.69. The van der Waals surface area contributed by atoms with Crippen molar-refractivity contribution < 1.29 is 13.2 Å². The first kappa shape index (κ1) is 21.5. The van der Waals surface area contributed by atoms with Crippen LogP contribution in [0, 0.1) is 0 Å². The topological polar surface area (TPSA) is 95.7 Å². The Balaban J connectivity index is 1.45. The molecule has 4 rings (SSSR count). The largest absolute Gasteiger partial charge is 0.311 e. The molecule has 30 heavy (non-hydrogen) atoms. The summed E-state index contributed by atoms with van der Waals surface area (Å²) >= 11 is 7.15. The summed E-state index contributed by atoms with van der Waals surface area (Å²) in [5, 5.41) is 2.88. The molecule has 10 heteroatoms. The summed E-state index contributed by atoms with van der Waals surface area (Å²) in [6, 6.07) is 8.62. The number of nitrogens with two attached hydrogens (primary N) is 1. The number of nitrogens with one attached hydrogen (secondary N) is 1. The van der Waals surface area contributed by atoms with Crippen LogP contribution in [0.1, 0.15) is 28.8 Å². The lowest BCUT2D eigenvalue weighted by atomic mass is 10.0. The van der Waals surface area contributed by atoms with Gasteiger partial charge >= 0.3 is 0 Å². The number of anilines is 1. The van der Waals surface area contributed by atoms with E-state index in [0.29, 0.717) is 23.8 Å². The van der Waals surface area contributed by atoms with Crippen molar-refractivity contribution in [3.63, 3.8) is 0 Å². The quantitative estimate of drug-likeness (QED) is 0.660. The lowest BCUT2D eigenvalue weighted by Crippen LogP contribution is -2.40. The third kappa shape index (κ3) is 4.93. The molecule has 3 heterocycles. The minimum Gasteiger partial charge on any atom is -0.311 e. The number of nitrogens with zero attached hydrogens (tertiary/aromatic N) is 2. The number of hydrogen-bond donors (Lipinski definition) is 2. The minimum absolute atomic E-state index is 0.236. The summed E-state index contributed by atoms with van der Waals surface area (Å²) in [6.07, 6.45) is 3.77. The summed E-state index contributed by atoms with van der Waals surface area (Å²) in [4.78, 5) is 15.3. The fourth-order valence-corrected chi connectivity index (χ4v) is 5.86. The van der Waals surface area contributed by atoms with Crippen molar-refractivity contribution in [3.8, 4) is 0 Å². The standard InChI is InChI=1S/C20H23ClN4O3S2/c21-19-6-5-17(29-19)8-11-30(27,28)23-18-7-10-25(20(18)26)16-4-3-15-13-24(22)9-1-2-14(15)12-16/h3-6,8,11-12,18,23H,1-2,7,9-10,13,22H2/b11-8+/t18-/m0/s1. The van der Waals surface area contributed by atoms with Gasteiger partial charge < -0.3 is 4.90 Å². The van der Waals surface area contributed by atoms with Crippen LogP contribution >= 0.6 is 22.9 Å². The lowest BCUT2D eigenvalue weighted by Gasteiger charge is -2.19. The predicted molar refractivity (Wildman–Crippen MR) is 121 cm³/mol. The fraction of sp³-hybridized carbons (Fsp3) is 0.350. The minimum atomic E-state index is -3.75. The molecule has 1 amide bonds. The Morgan fingerprint density at radius 1 is 1.20 bits per heavy atom. The number of carbonyl (C=O) groups excluding carboxylic acids is 1. The van der Waals surface area contributed by atoms with Gasteiger partial charge in [0.25, 0.3) is 0 Å². The van der Waals surface area contributed by atoms with Crippen LogP contribution in [-0.4, -0.2) is 38.5 Å². The third-order valence-corrected chi connectivity index (χ3v) is 7.59. The van der Waals surface area contributed by atoms with Gasteiger partial charge in [-0.1, -0.05) is 17.7 Å². The molecule has 0 unspecified atom stereocenters. The number of thiophene rings is 1. The van der Waals surface area contributed by atoms with Crippen molar-refractivity contribution in [2.75, 3.05) is 18.0 Å². The van der Waals surface area contributed by atoms with E-state index in [1.165, 1.54) is 28.5 Å². The van der Waals surface area contributed by atoms with Gasteiger partial charge in [-0.15, -0.1) is 11.3 Å². The van der Waals surface area contributed by atoms with Crippen LogP contribution in [0.5, 0.6) is 0 Å². The highest BCUT2D eigenvalue weighted by molar-refractivity contribution is 7.92. The van der Waals surface area contributed by atoms with Crippen molar-refractivity contribution in [2.45, 2.75) is 31.8 Å². The van der Waals surface area contributed by atoms with E-state index in [9.17, 15) is 13.2 Å². The Bertz CT molecular complexity index is 1080. The van der Waals surface area contributed by atoms with Crippen LogP contribution < -0.4 is 15.5 Å². The zero-order chi connectivity index (χ0) is 21.3. The number of halogens is 1. The monoisotopic (exact) mass is 466 g/mol. The Hall–Kier alpha value is -1.75. The molecule has 2 aliphatic rings. The first-order chi connectivity index (χ1) is 14.3. The van der Waals surface area contributed by atoms with Crippen LogP contribution in [0.4, 0.5) is 5.69 Å². The number of sulfonamides is 1. The van der Waals surface area contributed by atoms with Gasteiger partial charge in [0.05, 0.1) is 4.34 Å². The summed E-state index contributed by atoms with van der Waals surface area (Å²) < 4.78 is 27.9. The van der Waals surface area contributed by atoms with E-state index in [2.05, 4.69) is 4.72 Å². The lowest BCUT2D eigenvalue weighted by molar-refractivity contribution is -0.118. The molecule has 1 aromatic carbocycles. The van der Waals surface area contributed by atoms with Crippen molar-refractivity contribution in [1.29, 1.82) is 0 Å². The molecule has 3 N–H and O–H groups in total. The maximum atomic E-state index is 12.9. The molecule has 1 atom stereocenters. The van der Waals surface area contributed by atoms with Crippen molar-refractivity contribution in [3.05, 3.63) is 56.1 Å². The third-order valence-electron chi connectivity index (χ3n) is 5.28. The van der Waals surface area contributed by atoms with Gasteiger partial charge in [-0.25, -0.2) is 13.4 Å². The van der Waals surface area contributed by atoms with E-state index in [-0.39, 0.29) is 5.91 Å². The maximum absolute atomic E-state index is 12.9. The second-order valence-electron chi connectivity index (χ2n) is 7.47. The average molecular weight is 467 g/mol. The summed E-state index contributed by atoms with van der Waals surface area (Å²) in [5.74, 6) is 5.73. The predicted octanol–water partition coefficient (Wildman–Crippen LogP) is 2.72. The van der Waals surface area contributed by atoms with Crippen LogP contribution in [0.25, 0.3) is 6.08 Å². The van der Waals surface area contributed by atoms with Crippen LogP contribution in [0.3, 0.4) is 0 Å². The number of hydrogen-bond acceptors (Lipinski definition) is 6. The average Bonchev–Trinajstić information content (AvgIpc) is 3.21. The van der Waals surface area contributed by atoms with E-state index in [0.717, 1.165) is 35.4 Å². The number of amides is 1. The highest BCUT2D eigenvalue weighted by atomic mass is 35.5. The molecule has 0 radical (unpaired) electrons. The van der Waals surface area contributed by atoms with E-state index < -0.39 is 16.1 Å². The van der Waals surface area contributed by atoms with Crippen LogP contribution in [0.15, 0.2) is 35.7 Å². The maximum Gasteiger partial charge on any atom is 0.245 e. The number of hydrazine groups is 1. The smallest absolute Gasteiger partial charge is 0.245 e. The number of benzene rings is 1. The highest BCUT2D eigenvalue weighted by Gasteiger charge is 2.35. The molecule has 2 aliphatic heterocycles. The van der Waals surface area contributed by atoms with Crippen LogP contribution in [0.2, 0.25) is 4.34 Å². The Kier molecular flexibility index (Phi) is 6.29. The number of rotatable bonds is 5. The molecule has 0 saturated carbocycles. The zero-order valence-electron chi connectivity index (χ0n) is 16.3. The number of aryl methyl sites for hydroxylation is 1. The van der Waals surface area contributed by atoms with Gasteiger partial charge in [0.15, 0.2) is 0 Å². The molecule has 1 fully saturated rings. The van der Waals surface area contributed by atoms with Gasteiger partial charge in [0.2, 0.25) is 15.9 Å². The molecule has 0 spiro atoms. The highest BCUT2D eigenvalue weighted by Crippen LogP contribution is 2.27. The molecule has 0 bridgehead atoms. The number of fused-ring (bicyclic) bond motifs is 1. The Labute approximate surface area is 185 Å².